The lowest BCUT2D eigenvalue weighted by molar-refractivity contribution is 0.541. The summed E-state index contributed by atoms with van der Waals surface area (Å²) in [4.78, 5) is 0. The molecule has 0 radical (unpaired) electrons. The molecular formula is C8H20N2O2S. The zero-order valence-corrected chi connectivity index (χ0v) is 9.45. The van der Waals surface area contributed by atoms with Gasteiger partial charge in [0, 0.05) is 6.54 Å². The topological polar surface area (TPSA) is 72.2 Å². The van der Waals surface area contributed by atoms with Gasteiger partial charge in [0.2, 0.25) is 10.0 Å². The number of unbranched alkanes of at least 4 members (excludes halogenated alkanes) is 1. The van der Waals surface area contributed by atoms with Crippen LogP contribution in [0, 0.1) is 0 Å². The fourth-order valence-corrected chi connectivity index (χ4v) is 1.54. The molecule has 0 atom stereocenters. The second kappa shape index (κ2) is 4.93. The summed E-state index contributed by atoms with van der Waals surface area (Å²) in [5, 5.41) is 0. The third kappa shape index (κ3) is 4.59. The van der Waals surface area contributed by atoms with Gasteiger partial charge in [0.05, 0.1) is 4.75 Å². The highest BCUT2D eigenvalue weighted by atomic mass is 32.2. The molecule has 0 aliphatic rings. The van der Waals surface area contributed by atoms with Crippen LogP contribution in [0.25, 0.3) is 0 Å². The van der Waals surface area contributed by atoms with E-state index in [0.29, 0.717) is 13.1 Å². The minimum atomic E-state index is -3.17. The van der Waals surface area contributed by atoms with E-state index in [0.717, 1.165) is 12.8 Å². The van der Waals surface area contributed by atoms with Crippen LogP contribution < -0.4 is 10.5 Å². The van der Waals surface area contributed by atoms with Crippen molar-refractivity contribution in [1.29, 1.82) is 0 Å². The summed E-state index contributed by atoms with van der Waals surface area (Å²) in [5.74, 6) is 0. The van der Waals surface area contributed by atoms with Gasteiger partial charge in [-0.2, -0.15) is 0 Å². The molecule has 0 amide bonds. The third-order valence-electron chi connectivity index (χ3n) is 1.73. The summed E-state index contributed by atoms with van der Waals surface area (Å²) in [7, 11) is -3.17. The minimum Gasteiger partial charge on any atom is -0.330 e. The van der Waals surface area contributed by atoms with Gasteiger partial charge in [-0.05, 0) is 40.2 Å². The van der Waals surface area contributed by atoms with Crippen LogP contribution in [-0.4, -0.2) is 26.3 Å². The lowest BCUT2D eigenvalue weighted by Gasteiger charge is -2.19. The number of hydrogen-bond donors (Lipinski definition) is 2. The molecule has 4 nitrogen and oxygen atoms in total. The standard InChI is InChI=1S/C8H20N2O2S/c1-8(2,3)13(11,12)10-7-5-4-6-9/h10H,4-7,9H2,1-3H3. The molecule has 0 saturated carbocycles. The normalized spacial score (nSPS) is 13.2. The van der Waals surface area contributed by atoms with Crippen LogP contribution in [0.1, 0.15) is 33.6 Å². The first kappa shape index (κ1) is 12.9. The van der Waals surface area contributed by atoms with Gasteiger partial charge in [0.1, 0.15) is 0 Å². The molecule has 5 heteroatoms. The Hall–Kier alpha value is -0.130. The van der Waals surface area contributed by atoms with Crippen LogP contribution >= 0.6 is 0 Å². The molecule has 3 N–H and O–H groups in total. The maximum atomic E-state index is 11.5. The minimum absolute atomic E-state index is 0.483. The van der Waals surface area contributed by atoms with E-state index >= 15 is 0 Å². The van der Waals surface area contributed by atoms with E-state index in [-0.39, 0.29) is 0 Å². The van der Waals surface area contributed by atoms with Crippen molar-refractivity contribution in [2.75, 3.05) is 13.1 Å². The number of sulfonamides is 1. The zero-order chi connectivity index (χ0) is 10.5. The molecule has 0 aromatic heterocycles. The Balaban J connectivity index is 3.92. The quantitative estimate of drug-likeness (QED) is 0.644. The predicted molar refractivity (Wildman–Crippen MR) is 55.0 cm³/mol. The molecule has 0 aromatic rings. The van der Waals surface area contributed by atoms with Crippen LogP contribution in [0.4, 0.5) is 0 Å². The second-order valence-corrected chi connectivity index (χ2v) is 6.53. The van der Waals surface area contributed by atoms with E-state index < -0.39 is 14.8 Å². The summed E-state index contributed by atoms with van der Waals surface area (Å²) in [6.07, 6.45) is 1.65. The molecule has 0 saturated heterocycles. The number of nitrogens with one attached hydrogen (secondary N) is 1. The lowest BCUT2D eigenvalue weighted by atomic mass is 10.3. The summed E-state index contributed by atoms with van der Waals surface area (Å²) < 4.78 is 24.8. The molecule has 0 aromatic carbocycles. The summed E-state index contributed by atoms with van der Waals surface area (Å²) >= 11 is 0. The fourth-order valence-electron chi connectivity index (χ4n) is 0.692. The van der Waals surface area contributed by atoms with Gasteiger partial charge in [-0.3, -0.25) is 0 Å². The highest BCUT2D eigenvalue weighted by Crippen LogP contribution is 2.12. The maximum Gasteiger partial charge on any atom is 0.216 e. The molecule has 13 heavy (non-hydrogen) atoms. The molecular weight excluding hydrogens is 188 g/mol. The first-order chi connectivity index (χ1) is 5.81. The van der Waals surface area contributed by atoms with Crippen LogP contribution in [0.5, 0.6) is 0 Å². The first-order valence-electron chi connectivity index (χ1n) is 4.50. The summed E-state index contributed by atoms with van der Waals surface area (Å²) in [6, 6.07) is 0. The van der Waals surface area contributed by atoms with E-state index in [1.807, 2.05) is 0 Å². The number of hydrogen-bond acceptors (Lipinski definition) is 3. The van der Waals surface area contributed by atoms with Crippen LogP contribution in [0.15, 0.2) is 0 Å². The van der Waals surface area contributed by atoms with E-state index in [1.54, 1.807) is 20.8 Å². The molecule has 0 spiro atoms. The Morgan fingerprint density at radius 2 is 1.77 bits per heavy atom. The van der Waals surface area contributed by atoms with Gasteiger partial charge in [0.15, 0.2) is 0 Å². The van der Waals surface area contributed by atoms with E-state index in [9.17, 15) is 8.42 Å². The molecule has 0 heterocycles. The fraction of sp³-hybridized carbons (Fsp3) is 1.00. The van der Waals surface area contributed by atoms with Crippen LogP contribution in [0.3, 0.4) is 0 Å². The number of rotatable bonds is 5. The van der Waals surface area contributed by atoms with Crippen molar-refractivity contribution in [3.8, 4) is 0 Å². The van der Waals surface area contributed by atoms with E-state index in [1.165, 1.54) is 0 Å². The van der Waals surface area contributed by atoms with Crippen molar-refractivity contribution < 1.29 is 8.42 Å². The molecule has 0 aliphatic heterocycles. The Kier molecular flexibility index (Phi) is 4.88. The summed E-state index contributed by atoms with van der Waals surface area (Å²) in [6.45, 7) is 6.13. The second-order valence-electron chi connectivity index (χ2n) is 4.01. The zero-order valence-electron chi connectivity index (χ0n) is 8.63. The van der Waals surface area contributed by atoms with Crippen molar-refractivity contribution in [3.05, 3.63) is 0 Å². The number of nitrogens with two attached hydrogens (primary N) is 1. The molecule has 0 bridgehead atoms. The third-order valence-corrected chi connectivity index (χ3v) is 3.93. The largest absolute Gasteiger partial charge is 0.330 e. The van der Waals surface area contributed by atoms with Gasteiger partial charge in [-0.15, -0.1) is 0 Å². The first-order valence-corrected chi connectivity index (χ1v) is 5.99. The Morgan fingerprint density at radius 3 is 2.15 bits per heavy atom. The smallest absolute Gasteiger partial charge is 0.216 e. The van der Waals surface area contributed by atoms with Gasteiger partial charge >= 0.3 is 0 Å². The monoisotopic (exact) mass is 208 g/mol. The highest BCUT2D eigenvalue weighted by Gasteiger charge is 2.27. The average molecular weight is 208 g/mol. The van der Waals surface area contributed by atoms with Crippen molar-refractivity contribution in [1.82, 2.24) is 4.72 Å². The van der Waals surface area contributed by atoms with Crippen LogP contribution in [-0.2, 0) is 10.0 Å². The van der Waals surface area contributed by atoms with Crippen molar-refractivity contribution >= 4 is 10.0 Å². The van der Waals surface area contributed by atoms with Crippen LogP contribution in [0.2, 0.25) is 0 Å². The van der Waals surface area contributed by atoms with Gasteiger partial charge in [-0.1, -0.05) is 0 Å². The average Bonchev–Trinajstić information content (AvgIpc) is 1.96. The van der Waals surface area contributed by atoms with Gasteiger partial charge < -0.3 is 5.73 Å². The van der Waals surface area contributed by atoms with Gasteiger partial charge in [0.25, 0.3) is 0 Å². The Morgan fingerprint density at radius 1 is 1.23 bits per heavy atom. The lowest BCUT2D eigenvalue weighted by Crippen LogP contribution is -2.39. The van der Waals surface area contributed by atoms with Crippen molar-refractivity contribution in [3.63, 3.8) is 0 Å². The Bertz CT molecular complexity index is 229. The predicted octanol–water partition coefficient (Wildman–Crippen LogP) is 0.443. The van der Waals surface area contributed by atoms with Gasteiger partial charge in [-0.25, -0.2) is 13.1 Å². The highest BCUT2D eigenvalue weighted by molar-refractivity contribution is 7.90. The van der Waals surface area contributed by atoms with Crippen molar-refractivity contribution in [2.45, 2.75) is 38.4 Å². The Labute approximate surface area is 80.9 Å². The molecule has 0 aliphatic carbocycles. The van der Waals surface area contributed by atoms with Crippen molar-refractivity contribution in [2.24, 2.45) is 5.73 Å². The molecule has 80 valence electrons. The molecule has 0 fully saturated rings. The van der Waals surface area contributed by atoms with E-state index in [4.69, 9.17) is 5.73 Å². The SMILES string of the molecule is CC(C)(C)S(=O)(=O)NCCCCN. The summed E-state index contributed by atoms with van der Waals surface area (Å²) in [5.41, 5.74) is 5.29. The van der Waals surface area contributed by atoms with E-state index in [2.05, 4.69) is 4.72 Å². The molecule has 0 rings (SSSR count). The maximum absolute atomic E-state index is 11.5. The molecule has 0 unspecified atom stereocenters.